The van der Waals surface area contributed by atoms with Gasteiger partial charge in [-0.05, 0) is 61.9 Å². The summed E-state index contributed by atoms with van der Waals surface area (Å²) in [6, 6.07) is 9.34. The number of benzene rings is 1. The number of amides is 1. The summed E-state index contributed by atoms with van der Waals surface area (Å²) in [5.41, 5.74) is 10.4. The molecule has 5 rings (SSSR count). The van der Waals surface area contributed by atoms with Crippen molar-refractivity contribution in [3.05, 3.63) is 41.0 Å². The van der Waals surface area contributed by atoms with Crippen LogP contribution in [0.4, 0.5) is 11.5 Å². The van der Waals surface area contributed by atoms with E-state index in [4.69, 9.17) is 17.3 Å². The number of carbonyl (C=O) groups excluding carboxylic acids is 1. The Hall–Kier alpha value is -2.31. The first-order valence-corrected chi connectivity index (χ1v) is 11.8. The highest BCUT2D eigenvalue weighted by molar-refractivity contribution is 6.33. The summed E-state index contributed by atoms with van der Waals surface area (Å²) < 4.78 is 0. The number of aromatic nitrogens is 1. The molecule has 31 heavy (non-hydrogen) atoms. The average molecular weight is 440 g/mol. The topological polar surface area (TPSA) is 74.5 Å². The normalized spacial score (nSPS) is 23.3. The lowest BCUT2D eigenvalue weighted by Crippen LogP contribution is -2.41. The summed E-state index contributed by atoms with van der Waals surface area (Å²) in [5, 5.41) is 4.26. The third-order valence-electron chi connectivity index (χ3n) is 6.98. The Morgan fingerprint density at radius 3 is 2.94 bits per heavy atom. The second-order valence-electron chi connectivity index (χ2n) is 9.04. The molecule has 0 radical (unpaired) electrons. The van der Waals surface area contributed by atoms with E-state index in [1.165, 1.54) is 24.1 Å². The summed E-state index contributed by atoms with van der Waals surface area (Å²) in [5.74, 6) is 0.514. The third kappa shape index (κ3) is 4.23. The number of rotatable bonds is 5. The van der Waals surface area contributed by atoms with Crippen LogP contribution in [-0.4, -0.2) is 49.7 Å². The van der Waals surface area contributed by atoms with Crippen molar-refractivity contribution in [1.29, 1.82) is 0 Å². The number of anilines is 2. The molecule has 2 atom stereocenters. The number of hydrogen-bond donors (Lipinski definition) is 2. The van der Waals surface area contributed by atoms with Gasteiger partial charge < -0.3 is 20.9 Å². The number of nitrogens with two attached hydrogens (primary N) is 1. The fourth-order valence-electron chi connectivity index (χ4n) is 5.22. The molecule has 6 nitrogen and oxygen atoms in total. The van der Waals surface area contributed by atoms with Crippen molar-refractivity contribution in [3.8, 4) is 11.1 Å². The Morgan fingerprint density at radius 1 is 1.23 bits per heavy atom. The zero-order valence-electron chi connectivity index (χ0n) is 17.8. The van der Waals surface area contributed by atoms with Gasteiger partial charge in [-0.3, -0.25) is 4.79 Å². The Balaban J connectivity index is 1.41. The molecule has 0 bridgehead atoms. The van der Waals surface area contributed by atoms with Crippen LogP contribution in [0.25, 0.3) is 11.1 Å². The van der Waals surface area contributed by atoms with Gasteiger partial charge in [0.15, 0.2) is 0 Å². The maximum atomic E-state index is 11.7. The molecule has 4 heterocycles. The SMILES string of the molecule is NC(=O)C1CCCN(c2cc(-c3ccc4c(c3)N(CC3CCCN3)CC4)c(Cl)cn2)C1. The molecule has 7 heteroatoms. The highest BCUT2D eigenvalue weighted by atomic mass is 35.5. The van der Waals surface area contributed by atoms with Gasteiger partial charge in [0.1, 0.15) is 5.82 Å². The predicted molar refractivity (Wildman–Crippen MR) is 126 cm³/mol. The molecule has 0 spiro atoms. The lowest BCUT2D eigenvalue weighted by molar-refractivity contribution is -0.122. The quantitative estimate of drug-likeness (QED) is 0.748. The molecule has 1 amide bonds. The summed E-state index contributed by atoms with van der Waals surface area (Å²) in [6.07, 6.45) is 7.15. The third-order valence-corrected chi connectivity index (χ3v) is 7.28. The predicted octanol–water partition coefficient (Wildman–Crippen LogP) is 3.22. The molecular formula is C24H30ClN5O. The Kier molecular flexibility index (Phi) is 5.76. The number of carbonyl (C=O) groups is 1. The van der Waals surface area contributed by atoms with E-state index < -0.39 is 0 Å². The minimum atomic E-state index is -0.227. The van der Waals surface area contributed by atoms with Crippen molar-refractivity contribution in [1.82, 2.24) is 10.3 Å². The summed E-state index contributed by atoms with van der Waals surface area (Å²) >= 11 is 6.59. The molecule has 2 saturated heterocycles. The number of halogens is 1. The molecule has 3 aliphatic heterocycles. The van der Waals surface area contributed by atoms with E-state index in [1.807, 2.05) is 0 Å². The Bertz CT molecular complexity index is 974. The molecule has 2 aromatic rings. The molecule has 3 aliphatic rings. The highest BCUT2D eigenvalue weighted by Crippen LogP contribution is 2.37. The van der Waals surface area contributed by atoms with Gasteiger partial charge in [-0.2, -0.15) is 0 Å². The van der Waals surface area contributed by atoms with Crippen LogP contribution >= 0.6 is 11.6 Å². The van der Waals surface area contributed by atoms with Gasteiger partial charge in [0.05, 0.1) is 10.9 Å². The molecule has 3 N–H and O–H groups in total. The smallest absolute Gasteiger partial charge is 0.222 e. The van der Waals surface area contributed by atoms with E-state index in [0.29, 0.717) is 17.6 Å². The summed E-state index contributed by atoms with van der Waals surface area (Å²) in [4.78, 5) is 20.9. The maximum Gasteiger partial charge on any atom is 0.222 e. The van der Waals surface area contributed by atoms with E-state index in [9.17, 15) is 4.79 Å². The van der Waals surface area contributed by atoms with Gasteiger partial charge in [-0.1, -0.05) is 23.7 Å². The van der Waals surface area contributed by atoms with E-state index in [2.05, 4.69) is 44.4 Å². The average Bonchev–Trinajstić information content (AvgIpc) is 3.44. The van der Waals surface area contributed by atoms with Crippen molar-refractivity contribution < 1.29 is 4.79 Å². The molecular weight excluding hydrogens is 410 g/mol. The zero-order chi connectivity index (χ0) is 21.4. The van der Waals surface area contributed by atoms with E-state index >= 15 is 0 Å². The molecule has 2 unspecified atom stereocenters. The van der Waals surface area contributed by atoms with E-state index in [-0.39, 0.29) is 11.8 Å². The highest BCUT2D eigenvalue weighted by Gasteiger charge is 2.26. The van der Waals surface area contributed by atoms with Crippen molar-refractivity contribution in [2.45, 2.75) is 38.1 Å². The second kappa shape index (κ2) is 8.67. The van der Waals surface area contributed by atoms with Crippen LogP contribution in [0.1, 0.15) is 31.2 Å². The van der Waals surface area contributed by atoms with E-state index in [1.54, 1.807) is 6.20 Å². The Labute approximate surface area is 188 Å². The zero-order valence-corrected chi connectivity index (χ0v) is 18.6. The second-order valence-corrected chi connectivity index (χ2v) is 9.45. The van der Waals surface area contributed by atoms with Crippen LogP contribution in [0.3, 0.4) is 0 Å². The van der Waals surface area contributed by atoms with Gasteiger partial charge >= 0.3 is 0 Å². The van der Waals surface area contributed by atoms with Crippen LogP contribution < -0.4 is 20.9 Å². The van der Waals surface area contributed by atoms with Gasteiger partial charge in [0, 0.05) is 49.7 Å². The molecule has 0 saturated carbocycles. The molecule has 2 fully saturated rings. The lowest BCUT2D eigenvalue weighted by Gasteiger charge is -2.32. The number of fused-ring (bicyclic) bond motifs is 1. The molecule has 1 aromatic heterocycles. The number of piperidine rings is 1. The van der Waals surface area contributed by atoms with Gasteiger partial charge in [0.2, 0.25) is 5.91 Å². The minimum Gasteiger partial charge on any atom is -0.369 e. The van der Waals surface area contributed by atoms with Crippen LogP contribution in [0.2, 0.25) is 5.02 Å². The van der Waals surface area contributed by atoms with Gasteiger partial charge in [-0.25, -0.2) is 4.98 Å². The van der Waals surface area contributed by atoms with Crippen molar-refractivity contribution in [3.63, 3.8) is 0 Å². The largest absolute Gasteiger partial charge is 0.369 e. The molecule has 0 aliphatic carbocycles. The van der Waals surface area contributed by atoms with Crippen LogP contribution in [0.5, 0.6) is 0 Å². The van der Waals surface area contributed by atoms with Crippen molar-refractivity contribution in [2.24, 2.45) is 11.7 Å². The summed E-state index contributed by atoms with van der Waals surface area (Å²) in [6.45, 7) is 4.77. The first-order chi connectivity index (χ1) is 15.1. The number of nitrogens with one attached hydrogen (secondary N) is 1. The standard InChI is InChI=1S/C24H30ClN5O/c25-21-13-28-23(30-9-2-3-18(14-30)24(26)31)12-20(21)17-6-5-16-7-10-29(22(16)11-17)15-19-4-1-8-27-19/h5-6,11-13,18-19,27H,1-4,7-10,14-15H2,(H2,26,31). The number of pyridine rings is 1. The summed E-state index contributed by atoms with van der Waals surface area (Å²) in [7, 11) is 0. The first-order valence-electron chi connectivity index (χ1n) is 11.4. The van der Waals surface area contributed by atoms with Crippen LogP contribution in [-0.2, 0) is 11.2 Å². The fourth-order valence-corrected chi connectivity index (χ4v) is 5.43. The van der Waals surface area contributed by atoms with Crippen molar-refractivity contribution >= 4 is 29.0 Å². The minimum absolute atomic E-state index is 0.118. The molecule has 164 valence electrons. The lowest BCUT2D eigenvalue weighted by atomic mass is 9.97. The van der Waals surface area contributed by atoms with E-state index in [0.717, 1.165) is 62.4 Å². The van der Waals surface area contributed by atoms with Gasteiger partial charge in [-0.15, -0.1) is 0 Å². The number of hydrogen-bond acceptors (Lipinski definition) is 5. The first kappa shape index (κ1) is 20.6. The van der Waals surface area contributed by atoms with Gasteiger partial charge in [0.25, 0.3) is 0 Å². The number of primary amides is 1. The van der Waals surface area contributed by atoms with Crippen molar-refractivity contribution in [2.75, 3.05) is 42.5 Å². The fraction of sp³-hybridized carbons (Fsp3) is 0.500. The van der Waals surface area contributed by atoms with Crippen LogP contribution in [0.15, 0.2) is 30.5 Å². The number of nitrogens with zero attached hydrogens (tertiary/aromatic N) is 3. The monoisotopic (exact) mass is 439 g/mol. The molecule has 1 aromatic carbocycles. The maximum absolute atomic E-state index is 11.7. The Morgan fingerprint density at radius 2 is 2.13 bits per heavy atom. The van der Waals surface area contributed by atoms with Crippen LogP contribution in [0, 0.1) is 5.92 Å².